The van der Waals surface area contributed by atoms with E-state index in [1.54, 1.807) is 6.07 Å². The average molecular weight is 412 g/mol. The molecule has 1 aromatic rings. The van der Waals surface area contributed by atoms with E-state index in [2.05, 4.69) is 17.2 Å². The summed E-state index contributed by atoms with van der Waals surface area (Å²) in [7, 11) is 0. The molecule has 8 heteroatoms. The van der Waals surface area contributed by atoms with Gasteiger partial charge in [0.1, 0.15) is 24.1 Å². The summed E-state index contributed by atoms with van der Waals surface area (Å²) in [5.74, 6) is 0.480. The van der Waals surface area contributed by atoms with E-state index in [9.17, 15) is 15.0 Å². The van der Waals surface area contributed by atoms with Gasteiger partial charge in [-0.25, -0.2) is 4.79 Å². The third-order valence-corrected chi connectivity index (χ3v) is 5.46. The molecule has 2 heterocycles. The minimum absolute atomic E-state index is 0.435. The van der Waals surface area contributed by atoms with Crippen molar-refractivity contribution in [2.45, 2.75) is 95.7 Å². The second-order valence-electron chi connectivity index (χ2n) is 7.84. The van der Waals surface area contributed by atoms with E-state index in [0.717, 1.165) is 24.0 Å². The molecule has 0 unspecified atom stereocenters. The minimum Gasteiger partial charge on any atom is -0.394 e. The third kappa shape index (κ3) is 7.37. The first-order valence-electron chi connectivity index (χ1n) is 11.0. The predicted octanol–water partition coefficient (Wildman–Crippen LogP) is 2.19. The number of rotatable bonds is 14. The van der Waals surface area contributed by atoms with Crippen LogP contribution in [0.5, 0.6) is 0 Å². The van der Waals surface area contributed by atoms with Crippen molar-refractivity contribution in [3.63, 3.8) is 0 Å². The summed E-state index contributed by atoms with van der Waals surface area (Å²) in [6.07, 6.45) is 9.68. The summed E-state index contributed by atoms with van der Waals surface area (Å²) < 4.78 is 6.50. The van der Waals surface area contributed by atoms with Crippen molar-refractivity contribution >= 4 is 5.82 Å². The van der Waals surface area contributed by atoms with Crippen molar-refractivity contribution in [3.05, 3.63) is 22.7 Å². The fraction of sp³-hybridized carbons (Fsp3) is 0.810. The Bertz CT molecular complexity index is 639. The summed E-state index contributed by atoms with van der Waals surface area (Å²) in [6, 6.07) is 1.65. The molecule has 2 rings (SSSR count). The molecule has 4 atom stereocenters. The molecule has 0 spiro atoms. The van der Waals surface area contributed by atoms with Crippen LogP contribution in [-0.2, 0) is 4.74 Å². The lowest BCUT2D eigenvalue weighted by Crippen LogP contribution is -2.36. The highest BCUT2D eigenvalue weighted by Gasteiger charge is 2.43. The maximum Gasteiger partial charge on any atom is 0.351 e. The fourth-order valence-corrected chi connectivity index (χ4v) is 3.64. The first-order chi connectivity index (χ1) is 14.1. The van der Waals surface area contributed by atoms with Crippen LogP contribution in [0.2, 0.25) is 0 Å². The van der Waals surface area contributed by atoms with E-state index in [-0.39, 0.29) is 0 Å². The zero-order valence-corrected chi connectivity index (χ0v) is 17.5. The topological polar surface area (TPSA) is 117 Å². The zero-order valence-electron chi connectivity index (χ0n) is 17.5. The monoisotopic (exact) mass is 411 g/mol. The summed E-state index contributed by atoms with van der Waals surface area (Å²) in [5, 5.41) is 32.2. The standard InChI is InChI=1S/C21H37N3O5/c1-2-3-4-5-6-7-8-9-10-11-13-22-17-12-14-24(21(28)23-17)20-19(27)18(26)16(15-25)29-20/h12,14,16,18-20,25-27H,2-11,13,15H2,1H3,(H,22,23,28)/t16-,18-,19+,20-/m1/s1. The normalized spacial score (nSPS) is 24.1. The smallest absolute Gasteiger partial charge is 0.351 e. The molecule has 29 heavy (non-hydrogen) atoms. The molecule has 1 fully saturated rings. The summed E-state index contributed by atoms with van der Waals surface area (Å²) in [6.45, 7) is 2.55. The minimum atomic E-state index is -1.29. The molecule has 1 aromatic heterocycles. The quantitative estimate of drug-likeness (QED) is 0.347. The lowest BCUT2D eigenvalue weighted by Gasteiger charge is -2.17. The molecular weight excluding hydrogens is 374 g/mol. The van der Waals surface area contributed by atoms with Crippen LogP contribution in [0.1, 0.15) is 77.4 Å². The molecular formula is C21H37N3O5. The Morgan fingerprint density at radius 2 is 1.66 bits per heavy atom. The molecule has 0 amide bonds. The van der Waals surface area contributed by atoms with Gasteiger partial charge in [0.25, 0.3) is 0 Å². The van der Waals surface area contributed by atoms with Gasteiger partial charge in [-0.05, 0) is 12.5 Å². The summed E-state index contributed by atoms with van der Waals surface area (Å²) in [5.41, 5.74) is -0.576. The Morgan fingerprint density at radius 1 is 1.03 bits per heavy atom. The molecule has 0 saturated carbocycles. The number of anilines is 1. The first-order valence-corrected chi connectivity index (χ1v) is 11.0. The number of unbranched alkanes of at least 4 members (excludes halogenated alkanes) is 9. The largest absolute Gasteiger partial charge is 0.394 e. The third-order valence-electron chi connectivity index (χ3n) is 5.46. The van der Waals surface area contributed by atoms with Gasteiger partial charge in [0.2, 0.25) is 0 Å². The Labute approximate surface area is 172 Å². The van der Waals surface area contributed by atoms with E-state index < -0.39 is 36.8 Å². The Hall–Kier alpha value is -1.48. The highest BCUT2D eigenvalue weighted by Crippen LogP contribution is 2.28. The molecule has 0 bridgehead atoms. The van der Waals surface area contributed by atoms with Crippen LogP contribution in [0.3, 0.4) is 0 Å². The number of nitrogens with zero attached hydrogens (tertiary/aromatic N) is 2. The van der Waals surface area contributed by atoms with E-state index >= 15 is 0 Å². The summed E-state index contributed by atoms with van der Waals surface area (Å²) >= 11 is 0. The number of hydrogen-bond donors (Lipinski definition) is 4. The van der Waals surface area contributed by atoms with Crippen molar-refractivity contribution in [3.8, 4) is 0 Å². The molecule has 0 aliphatic carbocycles. The van der Waals surface area contributed by atoms with Crippen molar-refractivity contribution in [2.75, 3.05) is 18.5 Å². The molecule has 1 aliphatic rings. The van der Waals surface area contributed by atoms with Crippen LogP contribution in [0.25, 0.3) is 0 Å². The SMILES string of the molecule is CCCCCCCCCCCCNc1ccn([C@@H]2O[C@H](CO)[C@@H](O)[C@@H]2O)c(=O)n1. The Kier molecular flexibility index (Phi) is 10.6. The van der Waals surface area contributed by atoms with Gasteiger partial charge in [-0.2, -0.15) is 4.98 Å². The fourth-order valence-electron chi connectivity index (χ4n) is 3.64. The maximum atomic E-state index is 12.3. The Morgan fingerprint density at radius 3 is 2.21 bits per heavy atom. The molecule has 0 aromatic carbocycles. The van der Waals surface area contributed by atoms with Crippen LogP contribution in [0, 0.1) is 0 Å². The van der Waals surface area contributed by atoms with Crippen LogP contribution in [-0.4, -0.2) is 56.3 Å². The molecule has 8 nitrogen and oxygen atoms in total. The number of ether oxygens (including phenoxy) is 1. The second-order valence-corrected chi connectivity index (χ2v) is 7.84. The number of aliphatic hydroxyl groups is 3. The Balaban J connectivity index is 1.65. The molecule has 1 aliphatic heterocycles. The first kappa shape index (κ1) is 23.8. The van der Waals surface area contributed by atoms with Crippen molar-refractivity contribution in [1.82, 2.24) is 9.55 Å². The van der Waals surface area contributed by atoms with E-state index in [1.807, 2.05) is 0 Å². The van der Waals surface area contributed by atoms with E-state index in [1.165, 1.54) is 57.6 Å². The highest BCUT2D eigenvalue weighted by molar-refractivity contribution is 5.31. The van der Waals surface area contributed by atoms with Crippen molar-refractivity contribution in [1.29, 1.82) is 0 Å². The summed E-state index contributed by atoms with van der Waals surface area (Å²) in [4.78, 5) is 16.2. The van der Waals surface area contributed by atoms with Gasteiger partial charge in [-0.1, -0.05) is 64.7 Å². The maximum absolute atomic E-state index is 12.3. The molecule has 166 valence electrons. The number of nitrogens with one attached hydrogen (secondary N) is 1. The number of aromatic nitrogens is 2. The van der Waals surface area contributed by atoms with Gasteiger partial charge in [-0.15, -0.1) is 0 Å². The van der Waals surface area contributed by atoms with Gasteiger partial charge >= 0.3 is 5.69 Å². The van der Waals surface area contributed by atoms with Gasteiger partial charge in [0, 0.05) is 12.7 Å². The van der Waals surface area contributed by atoms with Crippen LogP contribution in [0.15, 0.2) is 17.1 Å². The second kappa shape index (κ2) is 13.0. The highest BCUT2D eigenvalue weighted by atomic mass is 16.6. The van der Waals surface area contributed by atoms with Gasteiger partial charge in [-0.3, -0.25) is 4.57 Å². The van der Waals surface area contributed by atoms with E-state index in [4.69, 9.17) is 9.84 Å². The molecule has 1 saturated heterocycles. The number of aliphatic hydroxyl groups excluding tert-OH is 3. The predicted molar refractivity (Wildman–Crippen MR) is 112 cm³/mol. The lowest BCUT2D eigenvalue weighted by atomic mass is 10.1. The van der Waals surface area contributed by atoms with Gasteiger partial charge < -0.3 is 25.4 Å². The number of hydrogen-bond acceptors (Lipinski definition) is 7. The van der Waals surface area contributed by atoms with Gasteiger partial charge in [0.15, 0.2) is 6.23 Å². The van der Waals surface area contributed by atoms with Crippen LogP contribution >= 0.6 is 0 Å². The zero-order chi connectivity index (χ0) is 21.1. The lowest BCUT2D eigenvalue weighted by molar-refractivity contribution is -0.0549. The molecule has 4 N–H and O–H groups in total. The van der Waals surface area contributed by atoms with Crippen molar-refractivity contribution < 1.29 is 20.1 Å². The van der Waals surface area contributed by atoms with Crippen LogP contribution in [0.4, 0.5) is 5.82 Å². The van der Waals surface area contributed by atoms with Crippen LogP contribution < -0.4 is 11.0 Å². The van der Waals surface area contributed by atoms with Crippen molar-refractivity contribution in [2.24, 2.45) is 0 Å². The molecule has 0 radical (unpaired) electrons. The van der Waals surface area contributed by atoms with Gasteiger partial charge in [0.05, 0.1) is 6.61 Å². The van der Waals surface area contributed by atoms with E-state index in [0.29, 0.717) is 5.82 Å². The average Bonchev–Trinajstić information content (AvgIpc) is 3.00.